The lowest BCUT2D eigenvalue weighted by atomic mass is 10.1. The van der Waals surface area contributed by atoms with Crippen LogP contribution in [0.15, 0.2) is 35.1 Å². The Labute approximate surface area is 151 Å². The zero-order valence-electron chi connectivity index (χ0n) is 13.9. The molecule has 0 amide bonds. The summed E-state index contributed by atoms with van der Waals surface area (Å²) in [5.41, 5.74) is 0.484. The Morgan fingerprint density at radius 2 is 2.12 bits per heavy atom. The predicted molar refractivity (Wildman–Crippen MR) is 97.2 cm³/mol. The second kappa shape index (κ2) is 6.09. The molecule has 1 aromatic carbocycles. The molecule has 3 nitrogen and oxygen atoms in total. The molecule has 0 saturated carbocycles. The molecule has 4 rings (SSSR count). The molecule has 0 N–H and O–H groups in total. The fraction of sp³-hybridized carbons (Fsp3) is 0.263. The van der Waals surface area contributed by atoms with Gasteiger partial charge in [-0.2, -0.15) is 13.2 Å². The van der Waals surface area contributed by atoms with Gasteiger partial charge in [0.2, 0.25) is 0 Å². The highest BCUT2D eigenvalue weighted by Crippen LogP contribution is 2.33. The van der Waals surface area contributed by atoms with Crippen LogP contribution in [-0.2, 0) is 19.1 Å². The molecule has 0 saturated heterocycles. The highest BCUT2D eigenvalue weighted by atomic mass is 32.1. The van der Waals surface area contributed by atoms with Crippen molar-refractivity contribution in [2.45, 2.75) is 32.5 Å². The van der Waals surface area contributed by atoms with Crippen molar-refractivity contribution in [1.82, 2.24) is 9.55 Å². The van der Waals surface area contributed by atoms with Crippen molar-refractivity contribution in [2.24, 2.45) is 0 Å². The summed E-state index contributed by atoms with van der Waals surface area (Å²) in [5.74, 6) is 0.560. The van der Waals surface area contributed by atoms with E-state index in [-0.39, 0.29) is 5.56 Å². The Morgan fingerprint density at radius 1 is 1.31 bits per heavy atom. The third-order valence-corrected chi connectivity index (χ3v) is 5.67. The van der Waals surface area contributed by atoms with Crippen molar-refractivity contribution in [2.75, 3.05) is 0 Å². The van der Waals surface area contributed by atoms with Gasteiger partial charge in [-0.15, -0.1) is 11.3 Å². The van der Waals surface area contributed by atoms with Crippen LogP contribution >= 0.6 is 11.3 Å². The van der Waals surface area contributed by atoms with Crippen molar-refractivity contribution >= 4 is 33.2 Å². The SMILES string of the molecule is CCc1cc2c(=O)n3c(nc2s1)/C(=C/c1cccc(C(F)(F)F)c1)CC3. The van der Waals surface area contributed by atoms with Gasteiger partial charge in [0.15, 0.2) is 0 Å². The van der Waals surface area contributed by atoms with E-state index in [1.165, 1.54) is 17.4 Å². The van der Waals surface area contributed by atoms with Crippen LogP contribution in [0, 0.1) is 0 Å². The first-order valence-electron chi connectivity index (χ1n) is 8.28. The van der Waals surface area contributed by atoms with E-state index in [1.54, 1.807) is 16.7 Å². The lowest BCUT2D eigenvalue weighted by molar-refractivity contribution is -0.137. The number of aryl methyl sites for hydroxylation is 1. The smallest absolute Gasteiger partial charge is 0.292 e. The predicted octanol–water partition coefficient (Wildman–Crippen LogP) is 4.98. The largest absolute Gasteiger partial charge is 0.416 e. The first-order chi connectivity index (χ1) is 12.4. The van der Waals surface area contributed by atoms with Crippen molar-refractivity contribution in [1.29, 1.82) is 0 Å². The lowest BCUT2D eigenvalue weighted by Gasteiger charge is -2.07. The number of hydrogen-bond donors (Lipinski definition) is 0. The van der Waals surface area contributed by atoms with E-state index >= 15 is 0 Å². The Bertz CT molecular complexity index is 1090. The van der Waals surface area contributed by atoms with Crippen LogP contribution in [0.1, 0.15) is 35.2 Å². The summed E-state index contributed by atoms with van der Waals surface area (Å²) in [5, 5.41) is 0.621. The van der Waals surface area contributed by atoms with Gasteiger partial charge in [0.25, 0.3) is 5.56 Å². The average Bonchev–Trinajstić information content (AvgIpc) is 3.19. The molecule has 7 heteroatoms. The van der Waals surface area contributed by atoms with E-state index in [0.717, 1.165) is 29.0 Å². The van der Waals surface area contributed by atoms with Gasteiger partial charge < -0.3 is 0 Å². The topological polar surface area (TPSA) is 34.9 Å². The Kier molecular flexibility index (Phi) is 3.99. The van der Waals surface area contributed by atoms with E-state index in [2.05, 4.69) is 4.98 Å². The monoisotopic (exact) mass is 376 g/mol. The Morgan fingerprint density at radius 3 is 2.85 bits per heavy atom. The van der Waals surface area contributed by atoms with Crippen molar-refractivity contribution in [3.8, 4) is 0 Å². The maximum atomic E-state index is 12.9. The van der Waals surface area contributed by atoms with Crippen LogP contribution in [-0.4, -0.2) is 9.55 Å². The molecular weight excluding hydrogens is 361 g/mol. The van der Waals surface area contributed by atoms with Gasteiger partial charge >= 0.3 is 6.18 Å². The van der Waals surface area contributed by atoms with Crippen molar-refractivity contribution < 1.29 is 13.2 Å². The first kappa shape index (κ1) is 17.0. The number of halogens is 3. The number of fused-ring (bicyclic) bond motifs is 2. The van der Waals surface area contributed by atoms with Gasteiger partial charge in [0.05, 0.1) is 10.9 Å². The number of thiophene rings is 1. The highest BCUT2D eigenvalue weighted by Gasteiger charge is 2.30. The van der Waals surface area contributed by atoms with Crippen LogP contribution < -0.4 is 5.56 Å². The van der Waals surface area contributed by atoms with Crippen LogP contribution in [0.3, 0.4) is 0 Å². The normalized spacial score (nSPS) is 15.8. The molecule has 3 aromatic rings. The molecule has 0 unspecified atom stereocenters. The van der Waals surface area contributed by atoms with E-state index in [4.69, 9.17) is 0 Å². The molecule has 26 heavy (non-hydrogen) atoms. The van der Waals surface area contributed by atoms with Gasteiger partial charge in [0.1, 0.15) is 10.7 Å². The van der Waals surface area contributed by atoms with E-state index in [0.29, 0.717) is 34.6 Å². The summed E-state index contributed by atoms with van der Waals surface area (Å²) in [6.45, 7) is 2.52. The van der Waals surface area contributed by atoms with Crippen LogP contribution in [0.25, 0.3) is 21.9 Å². The zero-order valence-corrected chi connectivity index (χ0v) is 14.7. The van der Waals surface area contributed by atoms with Gasteiger partial charge in [-0.3, -0.25) is 9.36 Å². The Balaban J connectivity index is 1.82. The standard InChI is InChI=1S/C19H15F3N2OS/c1-2-14-10-15-17(26-14)23-16-12(6-7-24(16)18(15)25)8-11-4-3-5-13(9-11)19(20,21)22/h3-5,8-10H,2,6-7H2,1H3/b12-8+. The number of aromatic nitrogens is 2. The minimum Gasteiger partial charge on any atom is -0.292 e. The molecule has 3 heterocycles. The quantitative estimate of drug-likeness (QED) is 0.632. The lowest BCUT2D eigenvalue weighted by Crippen LogP contribution is -2.19. The molecule has 0 radical (unpaired) electrons. The molecule has 1 aliphatic rings. The maximum absolute atomic E-state index is 12.9. The molecular formula is C19H15F3N2OS. The third kappa shape index (κ3) is 2.86. The van der Waals surface area contributed by atoms with Crippen molar-refractivity contribution in [3.05, 3.63) is 62.5 Å². The van der Waals surface area contributed by atoms with Gasteiger partial charge in [0, 0.05) is 11.4 Å². The zero-order chi connectivity index (χ0) is 18.5. The van der Waals surface area contributed by atoms with Crippen molar-refractivity contribution in [3.63, 3.8) is 0 Å². The van der Waals surface area contributed by atoms with Gasteiger partial charge in [-0.1, -0.05) is 19.1 Å². The fourth-order valence-corrected chi connectivity index (χ4v) is 4.14. The number of allylic oxidation sites excluding steroid dienone is 1. The molecule has 1 aliphatic heterocycles. The molecule has 2 aromatic heterocycles. The molecule has 0 bridgehead atoms. The second-order valence-corrected chi connectivity index (χ2v) is 7.34. The van der Waals surface area contributed by atoms with Crippen LogP contribution in [0.2, 0.25) is 0 Å². The van der Waals surface area contributed by atoms with Crippen LogP contribution in [0.4, 0.5) is 13.2 Å². The van der Waals surface area contributed by atoms with E-state index in [1.807, 2.05) is 13.0 Å². The number of rotatable bonds is 2. The summed E-state index contributed by atoms with van der Waals surface area (Å²) >= 11 is 1.49. The number of alkyl halides is 3. The maximum Gasteiger partial charge on any atom is 0.416 e. The number of hydrogen-bond acceptors (Lipinski definition) is 3. The fourth-order valence-electron chi connectivity index (χ4n) is 3.18. The van der Waals surface area contributed by atoms with Gasteiger partial charge in [-0.05, 0) is 48.3 Å². The van der Waals surface area contributed by atoms with E-state index < -0.39 is 11.7 Å². The summed E-state index contributed by atoms with van der Waals surface area (Å²) < 4.78 is 40.3. The molecule has 0 aliphatic carbocycles. The third-order valence-electron chi connectivity index (χ3n) is 4.50. The molecule has 0 spiro atoms. The summed E-state index contributed by atoms with van der Waals surface area (Å²) in [4.78, 5) is 19.1. The van der Waals surface area contributed by atoms with Gasteiger partial charge in [-0.25, -0.2) is 4.98 Å². The Hall–Kier alpha value is -2.41. The van der Waals surface area contributed by atoms with Crippen LogP contribution in [0.5, 0.6) is 0 Å². The number of benzene rings is 1. The van der Waals surface area contributed by atoms with E-state index in [9.17, 15) is 18.0 Å². The summed E-state index contributed by atoms with van der Waals surface area (Å²) in [7, 11) is 0. The molecule has 134 valence electrons. The second-order valence-electron chi connectivity index (χ2n) is 6.22. The average molecular weight is 376 g/mol. The summed E-state index contributed by atoms with van der Waals surface area (Å²) in [6.07, 6.45) is -1.27. The minimum absolute atomic E-state index is 0.0756. The first-order valence-corrected chi connectivity index (χ1v) is 9.10. The molecule has 0 fully saturated rings. The number of nitrogens with zero attached hydrogens (tertiary/aromatic N) is 2. The molecule has 0 atom stereocenters. The highest BCUT2D eigenvalue weighted by molar-refractivity contribution is 7.18. The minimum atomic E-state index is -4.38. The summed E-state index contributed by atoms with van der Waals surface area (Å²) in [6, 6.07) is 7.07.